The van der Waals surface area contributed by atoms with Gasteiger partial charge in [0.05, 0.1) is 0 Å². The Kier molecular flexibility index (Phi) is 1.63. The van der Waals surface area contributed by atoms with Gasteiger partial charge >= 0.3 is 0 Å². The van der Waals surface area contributed by atoms with Gasteiger partial charge in [-0.3, -0.25) is 4.79 Å². The maximum atomic E-state index is 11.1. The van der Waals surface area contributed by atoms with E-state index in [4.69, 9.17) is 0 Å². The molecule has 1 heteroatoms. The van der Waals surface area contributed by atoms with Gasteiger partial charge < -0.3 is 0 Å². The predicted octanol–water partition coefficient (Wildman–Crippen LogP) is 2.20. The van der Waals surface area contributed by atoms with E-state index < -0.39 is 0 Å². The molecule has 0 heterocycles. The van der Waals surface area contributed by atoms with Crippen molar-refractivity contribution in [2.75, 3.05) is 0 Å². The van der Waals surface area contributed by atoms with Gasteiger partial charge in [0, 0.05) is 0 Å². The fourth-order valence-corrected chi connectivity index (χ4v) is 1.24. The molecule has 12 heavy (non-hydrogen) atoms. The van der Waals surface area contributed by atoms with Crippen molar-refractivity contribution in [3.63, 3.8) is 0 Å². The van der Waals surface area contributed by atoms with Crippen molar-refractivity contribution in [3.05, 3.63) is 58.8 Å². The predicted molar refractivity (Wildman–Crippen MR) is 50.2 cm³/mol. The summed E-state index contributed by atoms with van der Waals surface area (Å²) in [4.78, 5) is 11.1. The highest BCUT2D eigenvalue weighted by Gasteiger charge is 1.87. The number of hydrogen-bond donors (Lipinski definition) is 0. The average molecular weight is 156 g/mol. The minimum Gasteiger partial charge on any atom is -0.290 e. The lowest BCUT2D eigenvalue weighted by atomic mass is 10.2. The zero-order valence-electron chi connectivity index (χ0n) is 6.53. The summed E-state index contributed by atoms with van der Waals surface area (Å²) in [5, 5.41) is 2.09. The minimum atomic E-state index is 0.0520. The molecule has 0 atom stereocenters. The monoisotopic (exact) mass is 156 g/mol. The van der Waals surface area contributed by atoms with Crippen molar-refractivity contribution in [3.8, 4) is 0 Å². The zero-order chi connectivity index (χ0) is 8.39. The van der Waals surface area contributed by atoms with Crippen LogP contribution in [0.1, 0.15) is 0 Å². The smallest absolute Gasteiger partial charge is 0.179 e. The van der Waals surface area contributed by atoms with Crippen LogP contribution in [-0.2, 0) is 0 Å². The van der Waals surface area contributed by atoms with Gasteiger partial charge in [-0.2, -0.15) is 0 Å². The van der Waals surface area contributed by atoms with Crippen LogP contribution < -0.4 is 5.43 Å². The highest BCUT2D eigenvalue weighted by Crippen LogP contribution is 2.08. The first-order chi connectivity index (χ1) is 5.86. The van der Waals surface area contributed by atoms with Gasteiger partial charge in [-0.25, -0.2) is 0 Å². The Morgan fingerprint density at radius 2 is 1.42 bits per heavy atom. The van der Waals surface area contributed by atoms with Crippen molar-refractivity contribution in [2.45, 2.75) is 0 Å². The fraction of sp³-hybridized carbons (Fsp3) is 0. The summed E-state index contributed by atoms with van der Waals surface area (Å²) in [7, 11) is 0. The molecule has 0 unspecified atom stereocenters. The van der Waals surface area contributed by atoms with Crippen LogP contribution in [0.3, 0.4) is 0 Å². The summed E-state index contributed by atoms with van der Waals surface area (Å²) < 4.78 is 0. The fourth-order valence-electron chi connectivity index (χ4n) is 1.24. The quantitative estimate of drug-likeness (QED) is 0.571. The third-order valence-corrected chi connectivity index (χ3v) is 1.83. The molecule has 0 amide bonds. The Bertz CT molecular complexity index is 460. The molecule has 0 aliphatic heterocycles. The molecule has 0 spiro atoms. The van der Waals surface area contributed by atoms with E-state index in [1.54, 1.807) is 18.2 Å². The first-order valence-electron chi connectivity index (χ1n) is 3.85. The second-order valence-electron chi connectivity index (χ2n) is 2.70. The second-order valence-corrected chi connectivity index (χ2v) is 2.70. The van der Waals surface area contributed by atoms with Crippen LogP contribution in [0.4, 0.5) is 0 Å². The van der Waals surface area contributed by atoms with Crippen molar-refractivity contribution in [1.29, 1.82) is 0 Å². The van der Waals surface area contributed by atoms with Crippen molar-refractivity contribution in [1.82, 2.24) is 0 Å². The zero-order valence-corrected chi connectivity index (χ0v) is 6.53. The van der Waals surface area contributed by atoms with Gasteiger partial charge in [0.2, 0.25) is 0 Å². The third kappa shape index (κ3) is 1.21. The van der Waals surface area contributed by atoms with Crippen LogP contribution in [0.25, 0.3) is 10.8 Å². The molecular weight excluding hydrogens is 148 g/mol. The maximum absolute atomic E-state index is 11.1. The molecule has 0 aliphatic rings. The maximum Gasteiger partial charge on any atom is 0.179 e. The van der Waals surface area contributed by atoms with E-state index in [0.717, 1.165) is 10.8 Å². The highest BCUT2D eigenvalue weighted by atomic mass is 16.1. The Hall–Kier alpha value is -1.63. The normalized spacial score (nSPS) is 10.0. The number of fused-ring (bicyclic) bond motifs is 1. The van der Waals surface area contributed by atoms with Crippen molar-refractivity contribution in [2.24, 2.45) is 0 Å². The molecule has 2 aromatic carbocycles. The molecule has 0 aliphatic carbocycles. The average Bonchev–Trinajstić information content (AvgIpc) is 2.25. The van der Waals surface area contributed by atoms with E-state index in [1.165, 1.54) is 0 Å². The van der Waals surface area contributed by atoms with Crippen LogP contribution in [0, 0.1) is 0 Å². The molecule has 0 saturated heterocycles. The molecule has 0 N–H and O–H groups in total. The third-order valence-electron chi connectivity index (χ3n) is 1.83. The van der Waals surface area contributed by atoms with E-state index >= 15 is 0 Å². The molecule has 58 valence electrons. The summed E-state index contributed by atoms with van der Waals surface area (Å²) in [6, 6.07) is 14.8. The van der Waals surface area contributed by atoms with Gasteiger partial charge in [-0.05, 0) is 22.9 Å². The molecule has 0 saturated carbocycles. The lowest BCUT2D eigenvalue weighted by Gasteiger charge is -1.87. The standard InChI is InChI=1S/C11H8O/c12-11-7-3-6-9-4-1-2-5-10(9)8-11/h1-8H. The molecule has 1 nitrogen and oxygen atoms in total. The lowest BCUT2D eigenvalue weighted by Crippen LogP contribution is -1.88. The SMILES string of the molecule is O=c1cccc2ccccc2c1. The Balaban J connectivity index is 2.98. The van der Waals surface area contributed by atoms with E-state index in [1.807, 2.05) is 30.3 Å². The molecule has 2 aromatic rings. The molecular formula is C11H8O. The molecule has 0 radical (unpaired) electrons. The van der Waals surface area contributed by atoms with Crippen LogP contribution in [0.2, 0.25) is 0 Å². The minimum absolute atomic E-state index is 0.0520. The van der Waals surface area contributed by atoms with Crippen molar-refractivity contribution >= 4 is 10.8 Å². The van der Waals surface area contributed by atoms with Gasteiger partial charge in [-0.15, -0.1) is 0 Å². The van der Waals surface area contributed by atoms with Crippen LogP contribution in [-0.4, -0.2) is 0 Å². The van der Waals surface area contributed by atoms with E-state index in [0.29, 0.717) is 0 Å². The Labute approximate surface area is 70.3 Å². The summed E-state index contributed by atoms with van der Waals surface area (Å²) >= 11 is 0. The van der Waals surface area contributed by atoms with E-state index in [2.05, 4.69) is 0 Å². The van der Waals surface area contributed by atoms with Crippen molar-refractivity contribution < 1.29 is 0 Å². The summed E-state index contributed by atoms with van der Waals surface area (Å²) in [5.41, 5.74) is 0.0520. The second kappa shape index (κ2) is 2.78. The molecule has 0 bridgehead atoms. The first kappa shape index (κ1) is 7.04. The van der Waals surface area contributed by atoms with Crippen LogP contribution in [0.5, 0.6) is 0 Å². The Morgan fingerprint density at radius 1 is 0.750 bits per heavy atom. The number of hydrogen-bond acceptors (Lipinski definition) is 1. The molecule has 2 rings (SSSR count). The summed E-state index contributed by atoms with van der Waals surface area (Å²) in [6.45, 7) is 0. The van der Waals surface area contributed by atoms with Crippen LogP contribution >= 0.6 is 0 Å². The van der Waals surface area contributed by atoms with Gasteiger partial charge in [0.25, 0.3) is 0 Å². The summed E-state index contributed by atoms with van der Waals surface area (Å²) in [5.74, 6) is 0. The summed E-state index contributed by atoms with van der Waals surface area (Å²) in [6.07, 6.45) is 0. The van der Waals surface area contributed by atoms with Gasteiger partial charge in [0.1, 0.15) is 0 Å². The number of benzene rings is 1. The van der Waals surface area contributed by atoms with Gasteiger partial charge in [-0.1, -0.05) is 36.4 Å². The van der Waals surface area contributed by atoms with E-state index in [9.17, 15) is 4.79 Å². The van der Waals surface area contributed by atoms with E-state index in [-0.39, 0.29) is 5.43 Å². The first-order valence-corrected chi connectivity index (χ1v) is 3.85. The van der Waals surface area contributed by atoms with Gasteiger partial charge in [0.15, 0.2) is 5.43 Å². The lowest BCUT2D eigenvalue weighted by molar-refractivity contribution is 1.69. The largest absolute Gasteiger partial charge is 0.290 e. The molecule has 0 fully saturated rings. The number of rotatable bonds is 0. The highest BCUT2D eigenvalue weighted by molar-refractivity contribution is 5.81. The Morgan fingerprint density at radius 3 is 2.25 bits per heavy atom. The topological polar surface area (TPSA) is 17.1 Å². The molecule has 0 aromatic heterocycles. The van der Waals surface area contributed by atoms with Crippen LogP contribution in [0.15, 0.2) is 53.3 Å².